The van der Waals surface area contributed by atoms with Gasteiger partial charge in [0.15, 0.2) is 0 Å². The lowest BCUT2D eigenvalue weighted by molar-refractivity contribution is -0.150. The molecule has 8 heteroatoms. The highest BCUT2D eigenvalue weighted by molar-refractivity contribution is 7.19. The molecule has 20 heavy (non-hydrogen) atoms. The number of alkyl halides is 3. The fourth-order valence-corrected chi connectivity index (χ4v) is 2.45. The van der Waals surface area contributed by atoms with E-state index >= 15 is 0 Å². The van der Waals surface area contributed by atoms with Crippen molar-refractivity contribution >= 4 is 22.2 Å². The molecule has 2 aromatic rings. The number of aromatic nitrogens is 2. The molecule has 0 aliphatic carbocycles. The number of thiazole rings is 1. The number of anilines is 1. The summed E-state index contributed by atoms with van der Waals surface area (Å²) in [6, 6.07) is 3.51. The molecule has 0 fully saturated rings. The van der Waals surface area contributed by atoms with Crippen LogP contribution >= 0.6 is 11.3 Å². The SMILES string of the molecule is Cc1nc(-c2cccnc2)sc1NC(=O)CC(F)(F)F. The van der Waals surface area contributed by atoms with Gasteiger partial charge in [-0.1, -0.05) is 11.3 Å². The van der Waals surface area contributed by atoms with Gasteiger partial charge < -0.3 is 5.32 Å². The molecule has 0 saturated carbocycles. The number of aryl methyl sites for hydroxylation is 1. The van der Waals surface area contributed by atoms with Crippen molar-refractivity contribution in [3.8, 4) is 10.6 Å². The maximum Gasteiger partial charge on any atom is 0.397 e. The van der Waals surface area contributed by atoms with Crippen LogP contribution in [-0.2, 0) is 4.79 Å². The number of hydrogen-bond donors (Lipinski definition) is 1. The third-order valence-electron chi connectivity index (χ3n) is 2.32. The van der Waals surface area contributed by atoms with Crippen LogP contribution in [0, 0.1) is 6.92 Å². The molecule has 0 saturated heterocycles. The molecule has 1 amide bonds. The Bertz CT molecular complexity index is 610. The first kappa shape index (κ1) is 14.4. The minimum absolute atomic E-state index is 0.318. The molecule has 0 unspecified atom stereocenters. The summed E-state index contributed by atoms with van der Waals surface area (Å²) in [6.45, 7) is 1.62. The molecule has 2 aromatic heterocycles. The van der Waals surface area contributed by atoms with Crippen molar-refractivity contribution in [1.29, 1.82) is 0 Å². The van der Waals surface area contributed by atoms with Crippen molar-refractivity contribution in [3.05, 3.63) is 30.2 Å². The molecule has 0 aromatic carbocycles. The van der Waals surface area contributed by atoms with Crippen LogP contribution in [-0.4, -0.2) is 22.1 Å². The monoisotopic (exact) mass is 301 g/mol. The Labute approximate surface area is 116 Å². The van der Waals surface area contributed by atoms with Gasteiger partial charge in [-0.3, -0.25) is 9.78 Å². The van der Waals surface area contributed by atoms with E-state index in [9.17, 15) is 18.0 Å². The number of nitrogens with zero attached hydrogens (tertiary/aromatic N) is 2. The molecule has 106 valence electrons. The van der Waals surface area contributed by atoms with E-state index in [1.165, 1.54) is 0 Å². The fraction of sp³-hybridized carbons (Fsp3) is 0.250. The molecule has 4 nitrogen and oxygen atoms in total. The topological polar surface area (TPSA) is 54.9 Å². The summed E-state index contributed by atoms with van der Waals surface area (Å²) < 4.78 is 36.3. The van der Waals surface area contributed by atoms with Gasteiger partial charge in [0.05, 0.1) is 5.69 Å². The van der Waals surface area contributed by atoms with Gasteiger partial charge >= 0.3 is 6.18 Å². The number of halogens is 3. The molecular formula is C12H10F3N3OS. The summed E-state index contributed by atoms with van der Waals surface area (Å²) in [4.78, 5) is 19.4. The lowest BCUT2D eigenvalue weighted by Gasteiger charge is -2.06. The van der Waals surface area contributed by atoms with Crippen molar-refractivity contribution in [2.45, 2.75) is 19.5 Å². The standard InChI is InChI=1S/C12H10F3N3OS/c1-7-10(18-9(19)5-12(13,14)15)20-11(17-7)8-3-2-4-16-6-8/h2-4,6H,5H2,1H3,(H,18,19). The van der Waals surface area contributed by atoms with E-state index in [0.29, 0.717) is 15.7 Å². The normalized spacial score (nSPS) is 11.4. The van der Waals surface area contributed by atoms with Crippen LogP contribution in [0.5, 0.6) is 0 Å². The summed E-state index contributed by atoms with van der Waals surface area (Å²) in [5.74, 6) is -1.10. The molecule has 0 aliphatic rings. The highest BCUT2D eigenvalue weighted by atomic mass is 32.1. The van der Waals surface area contributed by atoms with Crippen LogP contribution in [0.25, 0.3) is 10.6 Å². The Balaban J connectivity index is 2.15. The third-order valence-corrected chi connectivity index (χ3v) is 3.44. The van der Waals surface area contributed by atoms with Gasteiger partial charge in [0.2, 0.25) is 5.91 Å². The number of rotatable bonds is 3. The molecule has 0 bridgehead atoms. The Kier molecular flexibility index (Phi) is 4.03. The minimum Gasteiger partial charge on any atom is -0.316 e. The van der Waals surface area contributed by atoms with Gasteiger partial charge in [-0.15, -0.1) is 0 Å². The number of carbonyl (C=O) groups is 1. The van der Waals surface area contributed by atoms with Crippen LogP contribution in [0.1, 0.15) is 12.1 Å². The van der Waals surface area contributed by atoms with E-state index in [1.54, 1.807) is 31.5 Å². The molecule has 0 spiro atoms. The van der Waals surface area contributed by atoms with Crippen molar-refractivity contribution in [2.24, 2.45) is 0 Å². The predicted octanol–water partition coefficient (Wildman–Crippen LogP) is 3.40. The average molecular weight is 301 g/mol. The van der Waals surface area contributed by atoms with Crippen molar-refractivity contribution < 1.29 is 18.0 Å². The number of carbonyl (C=O) groups excluding carboxylic acids is 1. The van der Waals surface area contributed by atoms with Gasteiger partial charge in [0.1, 0.15) is 16.4 Å². The van der Waals surface area contributed by atoms with Crippen molar-refractivity contribution in [1.82, 2.24) is 9.97 Å². The molecule has 2 heterocycles. The fourth-order valence-electron chi connectivity index (χ4n) is 1.48. The first-order chi connectivity index (χ1) is 9.35. The highest BCUT2D eigenvalue weighted by Crippen LogP contribution is 2.31. The van der Waals surface area contributed by atoms with E-state index in [2.05, 4.69) is 15.3 Å². The smallest absolute Gasteiger partial charge is 0.316 e. The van der Waals surface area contributed by atoms with Gasteiger partial charge in [0, 0.05) is 18.0 Å². The Hall–Kier alpha value is -1.96. The van der Waals surface area contributed by atoms with Gasteiger partial charge in [-0.2, -0.15) is 13.2 Å². The Morgan fingerprint density at radius 2 is 2.20 bits per heavy atom. The number of pyridine rings is 1. The Morgan fingerprint density at radius 3 is 2.80 bits per heavy atom. The molecule has 0 atom stereocenters. The van der Waals surface area contributed by atoms with Crippen LogP contribution in [0.15, 0.2) is 24.5 Å². The number of nitrogens with one attached hydrogen (secondary N) is 1. The summed E-state index contributed by atoms with van der Waals surface area (Å²) in [5.41, 5.74) is 1.22. The van der Waals surface area contributed by atoms with Crippen LogP contribution in [0.2, 0.25) is 0 Å². The maximum atomic E-state index is 12.1. The second-order valence-corrected chi connectivity index (χ2v) is 5.01. The maximum absolute atomic E-state index is 12.1. The molecule has 0 radical (unpaired) electrons. The molecule has 2 rings (SSSR count). The largest absolute Gasteiger partial charge is 0.397 e. The lowest BCUT2D eigenvalue weighted by atomic mass is 10.3. The van der Waals surface area contributed by atoms with Crippen molar-refractivity contribution in [2.75, 3.05) is 5.32 Å². The first-order valence-corrected chi connectivity index (χ1v) is 6.41. The predicted molar refractivity (Wildman–Crippen MR) is 69.4 cm³/mol. The minimum atomic E-state index is -4.52. The van der Waals surface area contributed by atoms with E-state index in [-0.39, 0.29) is 0 Å². The van der Waals surface area contributed by atoms with Crippen LogP contribution in [0.4, 0.5) is 18.2 Å². The summed E-state index contributed by atoms with van der Waals surface area (Å²) in [5, 5.41) is 3.15. The third kappa shape index (κ3) is 3.77. The second kappa shape index (κ2) is 5.58. The summed E-state index contributed by atoms with van der Waals surface area (Å²) in [6.07, 6.45) is -2.82. The van der Waals surface area contributed by atoms with Gasteiger partial charge in [0.25, 0.3) is 0 Å². The van der Waals surface area contributed by atoms with Gasteiger partial charge in [-0.05, 0) is 19.1 Å². The van der Waals surface area contributed by atoms with E-state index in [0.717, 1.165) is 16.9 Å². The average Bonchev–Trinajstić information content (AvgIpc) is 2.70. The molecule has 0 aliphatic heterocycles. The lowest BCUT2D eigenvalue weighted by Crippen LogP contribution is -2.21. The zero-order valence-corrected chi connectivity index (χ0v) is 11.2. The van der Waals surface area contributed by atoms with E-state index in [1.807, 2.05) is 0 Å². The number of amides is 1. The molecule has 1 N–H and O–H groups in total. The van der Waals surface area contributed by atoms with Crippen LogP contribution in [0.3, 0.4) is 0 Å². The quantitative estimate of drug-likeness (QED) is 0.945. The van der Waals surface area contributed by atoms with Crippen LogP contribution < -0.4 is 5.32 Å². The van der Waals surface area contributed by atoms with E-state index in [4.69, 9.17) is 0 Å². The molecular weight excluding hydrogens is 291 g/mol. The van der Waals surface area contributed by atoms with E-state index < -0.39 is 18.5 Å². The first-order valence-electron chi connectivity index (χ1n) is 5.59. The van der Waals surface area contributed by atoms with Crippen molar-refractivity contribution in [3.63, 3.8) is 0 Å². The Morgan fingerprint density at radius 1 is 1.45 bits per heavy atom. The zero-order chi connectivity index (χ0) is 14.8. The second-order valence-electron chi connectivity index (χ2n) is 4.02. The summed E-state index contributed by atoms with van der Waals surface area (Å²) in [7, 11) is 0. The summed E-state index contributed by atoms with van der Waals surface area (Å²) >= 11 is 1.12. The zero-order valence-electron chi connectivity index (χ0n) is 10.4. The highest BCUT2D eigenvalue weighted by Gasteiger charge is 2.31. The number of hydrogen-bond acceptors (Lipinski definition) is 4. The van der Waals surface area contributed by atoms with Gasteiger partial charge in [-0.25, -0.2) is 4.98 Å².